The summed E-state index contributed by atoms with van der Waals surface area (Å²) in [5.41, 5.74) is 1.34. The van der Waals surface area contributed by atoms with Gasteiger partial charge in [-0.1, -0.05) is 0 Å². The van der Waals surface area contributed by atoms with Gasteiger partial charge in [-0.3, -0.25) is 0 Å². The molecule has 1 nitrogen and oxygen atoms in total. The molecule has 118 valence electrons. The van der Waals surface area contributed by atoms with Gasteiger partial charge in [-0.25, -0.2) is 0 Å². The standard InChI is InChI=1S/C20H19ClOSe/c1-20(2,3)15-10-12-16(13-11-15)23(22)18-9-5-7-14-6-4-8-17(21)19(14)18/h4-13H,1-3H3. The molecule has 1 unspecified atom stereocenters. The van der Waals surface area contributed by atoms with E-state index in [2.05, 4.69) is 32.9 Å². The van der Waals surface area contributed by atoms with E-state index in [9.17, 15) is 3.83 Å². The second-order valence-corrected chi connectivity index (χ2v) is 10.1. The van der Waals surface area contributed by atoms with Gasteiger partial charge < -0.3 is 0 Å². The van der Waals surface area contributed by atoms with Crippen molar-refractivity contribution >= 4 is 45.1 Å². The molecule has 0 heterocycles. The zero-order valence-corrected chi connectivity index (χ0v) is 15.9. The average Bonchev–Trinajstić information content (AvgIpc) is 2.53. The Bertz CT molecular complexity index is 871. The van der Waals surface area contributed by atoms with Crippen molar-refractivity contribution in [3.8, 4) is 0 Å². The van der Waals surface area contributed by atoms with Crippen molar-refractivity contribution < 1.29 is 3.83 Å². The van der Waals surface area contributed by atoms with Gasteiger partial charge in [-0.2, -0.15) is 0 Å². The predicted octanol–water partition coefficient (Wildman–Crippen LogP) is 4.33. The van der Waals surface area contributed by atoms with Crippen molar-refractivity contribution in [2.45, 2.75) is 26.2 Å². The summed E-state index contributed by atoms with van der Waals surface area (Å²) in [4.78, 5) is 0. The normalized spacial score (nSPS) is 13.2. The Labute approximate surface area is 146 Å². The first-order valence-corrected chi connectivity index (χ1v) is 10.4. The third kappa shape index (κ3) is 3.26. The molecular formula is C20H19ClOSe. The summed E-state index contributed by atoms with van der Waals surface area (Å²) in [5.74, 6) is 0. The van der Waals surface area contributed by atoms with Crippen LogP contribution in [0.3, 0.4) is 0 Å². The molecule has 0 aliphatic rings. The Hall–Kier alpha value is -1.47. The molecule has 3 aromatic rings. The number of fused-ring (bicyclic) bond motifs is 1. The van der Waals surface area contributed by atoms with Gasteiger partial charge in [-0.05, 0) is 0 Å². The minimum atomic E-state index is -2.35. The molecular weight excluding hydrogens is 371 g/mol. The molecule has 0 bridgehead atoms. The van der Waals surface area contributed by atoms with Crippen molar-refractivity contribution in [2.75, 3.05) is 0 Å². The van der Waals surface area contributed by atoms with Crippen LogP contribution in [0.5, 0.6) is 0 Å². The number of hydrogen-bond donors (Lipinski definition) is 0. The summed E-state index contributed by atoms with van der Waals surface area (Å²) in [5, 5.41) is 2.61. The molecule has 1 atom stereocenters. The SMILES string of the molecule is CC(C)(C)c1ccc([Se](=O)c2cccc3cccc(Cl)c23)cc1. The van der Waals surface area contributed by atoms with Crippen LogP contribution in [0.1, 0.15) is 26.3 Å². The van der Waals surface area contributed by atoms with Gasteiger partial charge in [0.1, 0.15) is 0 Å². The Kier molecular flexibility index (Phi) is 4.42. The van der Waals surface area contributed by atoms with E-state index in [1.54, 1.807) is 0 Å². The first-order chi connectivity index (χ1) is 10.9. The van der Waals surface area contributed by atoms with Gasteiger partial charge in [0.15, 0.2) is 0 Å². The molecule has 0 N–H and O–H groups in total. The van der Waals surface area contributed by atoms with Crippen LogP contribution in [0.25, 0.3) is 10.8 Å². The number of rotatable bonds is 2. The monoisotopic (exact) mass is 390 g/mol. The molecule has 3 rings (SSSR count). The van der Waals surface area contributed by atoms with Crippen LogP contribution in [0, 0.1) is 0 Å². The summed E-state index contributed by atoms with van der Waals surface area (Å²) in [6.07, 6.45) is 0. The predicted molar refractivity (Wildman–Crippen MR) is 99.8 cm³/mol. The summed E-state index contributed by atoms with van der Waals surface area (Å²) in [7, 11) is 0. The molecule has 23 heavy (non-hydrogen) atoms. The van der Waals surface area contributed by atoms with Gasteiger partial charge in [0.2, 0.25) is 0 Å². The average molecular weight is 390 g/mol. The first kappa shape index (κ1) is 16.4. The quantitative estimate of drug-likeness (QED) is 0.596. The van der Waals surface area contributed by atoms with Crippen LogP contribution in [0.2, 0.25) is 5.02 Å². The van der Waals surface area contributed by atoms with E-state index < -0.39 is 13.8 Å². The molecule has 0 saturated carbocycles. The zero-order chi connectivity index (χ0) is 16.6. The fourth-order valence-corrected chi connectivity index (χ4v) is 5.66. The first-order valence-electron chi connectivity index (χ1n) is 7.57. The maximum absolute atomic E-state index is 13.1. The van der Waals surface area contributed by atoms with Gasteiger partial charge in [-0.15, -0.1) is 0 Å². The summed E-state index contributed by atoms with van der Waals surface area (Å²) < 4.78 is 14.9. The summed E-state index contributed by atoms with van der Waals surface area (Å²) >= 11 is 4.01. The Morgan fingerprint density at radius 1 is 0.870 bits per heavy atom. The molecule has 0 aromatic heterocycles. The van der Waals surface area contributed by atoms with Crippen molar-refractivity contribution in [1.29, 1.82) is 0 Å². The van der Waals surface area contributed by atoms with E-state index in [1.807, 2.05) is 48.5 Å². The molecule has 3 heteroatoms. The number of benzene rings is 3. The molecule has 0 aliphatic carbocycles. The van der Waals surface area contributed by atoms with Crippen LogP contribution in [-0.2, 0) is 9.25 Å². The van der Waals surface area contributed by atoms with Crippen LogP contribution < -0.4 is 8.92 Å². The Morgan fingerprint density at radius 3 is 2.09 bits per heavy atom. The third-order valence-corrected chi connectivity index (χ3v) is 7.29. The van der Waals surface area contributed by atoms with Crippen LogP contribution >= 0.6 is 11.6 Å². The second-order valence-electron chi connectivity index (χ2n) is 6.64. The van der Waals surface area contributed by atoms with E-state index in [1.165, 1.54) is 5.56 Å². The molecule has 0 saturated heterocycles. The fourth-order valence-electron chi connectivity index (χ4n) is 2.62. The number of halogens is 1. The molecule has 0 radical (unpaired) electrons. The minimum absolute atomic E-state index is 0.0969. The second kappa shape index (κ2) is 6.20. The third-order valence-electron chi connectivity index (χ3n) is 3.95. The van der Waals surface area contributed by atoms with Crippen molar-refractivity contribution in [3.05, 3.63) is 71.2 Å². The van der Waals surface area contributed by atoms with Crippen molar-refractivity contribution in [1.82, 2.24) is 0 Å². The van der Waals surface area contributed by atoms with Crippen LogP contribution in [0.15, 0.2) is 60.7 Å². The topological polar surface area (TPSA) is 17.1 Å². The summed E-state index contributed by atoms with van der Waals surface area (Å²) in [6, 6.07) is 19.8. The van der Waals surface area contributed by atoms with Gasteiger partial charge in [0, 0.05) is 0 Å². The van der Waals surface area contributed by atoms with Crippen molar-refractivity contribution in [3.63, 3.8) is 0 Å². The van der Waals surface area contributed by atoms with E-state index in [0.29, 0.717) is 5.02 Å². The molecule has 0 amide bonds. The maximum atomic E-state index is 13.1. The van der Waals surface area contributed by atoms with Gasteiger partial charge in [0.05, 0.1) is 0 Å². The van der Waals surface area contributed by atoms with Crippen molar-refractivity contribution in [2.24, 2.45) is 0 Å². The number of hydrogen-bond acceptors (Lipinski definition) is 1. The fraction of sp³-hybridized carbons (Fsp3) is 0.200. The summed E-state index contributed by atoms with van der Waals surface area (Å²) in [6.45, 7) is 6.53. The Balaban J connectivity index is 2.08. The molecule has 0 fully saturated rings. The van der Waals surface area contributed by atoms with Crippen LogP contribution in [0.4, 0.5) is 0 Å². The van der Waals surface area contributed by atoms with E-state index >= 15 is 0 Å². The van der Waals surface area contributed by atoms with Gasteiger partial charge >= 0.3 is 146 Å². The Morgan fingerprint density at radius 2 is 1.48 bits per heavy atom. The van der Waals surface area contributed by atoms with E-state index in [4.69, 9.17) is 11.6 Å². The van der Waals surface area contributed by atoms with Crippen LogP contribution in [-0.4, -0.2) is 13.8 Å². The van der Waals surface area contributed by atoms with Gasteiger partial charge in [0.25, 0.3) is 0 Å². The van der Waals surface area contributed by atoms with E-state index in [-0.39, 0.29) is 5.41 Å². The molecule has 0 aliphatic heterocycles. The van der Waals surface area contributed by atoms with E-state index in [0.717, 1.165) is 19.7 Å². The molecule has 0 spiro atoms. The zero-order valence-electron chi connectivity index (χ0n) is 13.5. The molecule has 3 aromatic carbocycles.